The van der Waals surface area contributed by atoms with Crippen molar-refractivity contribution in [2.45, 2.75) is 39.2 Å². The average molecular weight is 224 g/mol. The van der Waals surface area contributed by atoms with Crippen LogP contribution in [-0.4, -0.2) is 29.5 Å². The Morgan fingerprint density at radius 3 is 2.57 bits per heavy atom. The molecule has 0 saturated carbocycles. The van der Waals surface area contributed by atoms with Crippen LogP contribution in [0.25, 0.3) is 0 Å². The highest BCUT2D eigenvalue weighted by Crippen LogP contribution is 2.20. The highest BCUT2D eigenvalue weighted by molar-refractivity contribution is 6.29. The van der Waals surface area contributed by atoms with Crippen molar-refractivity contribution in [3.05, 3.63) is 0 Å². The number of hydrogen-bond acceptors (Lipinski definition) is 1. The molecule has 2 atom stereocenters. The molecule has 2 unspecified atom stereocenters. The van der Waals surface area contributed by atoms with E-state index in [1.54, 1.807) is 0 Å². The number of hydrogen-bond donors (Lipinski definition) is 0. The zero-order valence-corrected chi connectivity index (χ0v) is 9.85. The van der Waals surface area contributed by atoms with Gasteiger partial charge in [-0.25, -0.2) is 4.39 Å². The van der Waals surface area contributed by atoms with E-state index in [0.29, 0.717) is 19.0 Å². The van der Waals surface area contributed by atoms with E-state index in [4.69, 9.17) is 11.6 Å². The van der Waals surface area contributed by atoms with Crippen LogP contribution in [0.1, 0.15) is 33.6 Å². The average Bonchev–Trinajstić information content (AvgIpc) is 2.67. The van der Waals surface area contributed by atoms with Gasteiger partial charge in [-0.2, -0.15) is 0 Å². The summed E-state index contributed by atoms with van der Waals surface area (Å²) < 4.78 is 12.4. The van der Waals surface area contributed by atoms with Crippen molar-refractivity contribution in [1.29, 1.82) is 0 Å². The summed E-state index contributed by atoms with van der Waals surface area (Å²) in [6.45, 7) is 7.40. The monoisotopic (exact) mass is 223 g/mol. The number of carbonyl (C=O) groups excluding carboxylic acids is 1. The Morgan fingerprint density at radius 1 is 1.64 bits per heavy atom. The van der Waals surface area contributed by atoms with E-state index in [1.165, 1.54) is 4.90 Å². The molecular formula is C10H19ClFNO. The van der Waals surface area contributed by atoms with E-state index < -0.39 is 11.5 Å². The highest BCUT2D eigenvalue weighted by Gasteiger charge is 2.28. The molecule has 1 rings (SSSR count). The summed E-state index contributed by atoms with van der Waals surface area (Å²) in [5.74, 6) is -0.0445. The minimum absolute atomic E-state index is 0.532. The fourth-order valence-electron chi connectivity index (χ4n) is 1.50. The fourth-order valence-corrected chi connectivity index (χ4v) is 1.64. The number of alkyl halides is 2. The van der Waals surface area contributed by atoms with Crippen molar-refractivity contribution in [3.8, 4) is 0 Å². The zero-order chi connectivity index (χ0) is 11.1. The largest absolute Gasteiger partial charge is 0.339 e. The van der Waals surface area contributed by atoms with Gasteiger partial charge in [-0.3, -0.25) is 4.79 Å². The molecule has 0 aliphatic carbocycles. The quantitative estimate of drug-likeness (QED) is 0.660. The fraction of sp³-hybridized carbons (Fsp3) is 0.900. The summed E-state index contributed by atoms with van der Waals surface area (Å²) in [6.07, 6.45) is 2.02. The lowest BCUT2D eigenvalue weighted by Gasteiger charge is -2.15. The molecule has 0 N–H and O–H groups in total. The van der Waals surface area contributed by atoms with Crippen LogP contribution in [0.2, 0.25) is 0 Å². The lowest BCUT2D eigenvalue weighted by atomic mass is 10.1. The predicted octanol–water partition coefficient (Wildman–Crippen LogP) is 2.81. The molecule has 0 bridgehead atoms. The summed E-state index contributed by atoms with van der Waals surface area (Å²) in [5, 5.41) is 0. The predicted molar refractivity (Wildman–Crippen MR) is 57.1 cm³/mol. The minimum atomic E-state index is -1.86. The van der Waals surface area contributed by atoms with Crippen molar-refractivity contribution in [2.24, 2.45) is 5.92 Å². The van der Waals surface area contributed by atoms with Gasteiger partial charge in [-0.1, -0.05) is 38.8 Å². The van der Waals surface area contributed by atoms with Crippen LogP contribution in [0.3, 0.4) is 0 Å². The van der Waals surface area contributed by atoms with Gasteiger partial charge in [0.1, 0.15) is 0 Å². The van der Waals surface area contributed by atoms with Crippen molar-refractivity contribution < 1.29 is 9.18 Å². The molecule has 1 aliphatic heterocycles. The molecule has 4 heteroatoms. The molecule has 0 radical (unpaired) electrons. The molecule has 0 spiro atoms. The van der Waals surface area contributed by atoms with Gasteiger partial charge in [-0.05, 0) is 12.3 Å². The van der Waals surface area contributed by atoms with E-state index in [2.05, 4.69) is 6.92 Å². The Hall–Kier alpha value is -0.310. The van der Waals surface area contributed by atoms with Crippen LogP contribution < -0.4 is 0 Å². The van der Waals surface area contributed by atoms with Gasteiger partial charge in [0.05, 0.1) is 0 Å². The third kappa shape index (κ3) is 3.82. The molecule has 2 nitrogen and oxygen atoms in total. The van der Waals surface area contributed by atoms with E-state index in [0.717, 1.165) is 12.8 Å². The third-order valence-corrected chi connectivity index (χ3v) is 2.55. The van der Waals surface area contributed by atoms with Crippen molar-refractivity contribution in [3.63, 3.8) is 0 Å². The smallest absolute Gasteiger partial charge is 0.272 e. The zero-order valence-electron chi connectivity index (χ0n) is 9.09. The number of carbonyl (C=O) groups is 1. The maximum atomic E-state index is 12.4. The van der Waals surface area contributed by atoms with Crippen molar-refractivity contribution in [1.82, 2.24) is 4.90 Å². The standard InChI is InChI=1S/C8H13ClFNO.C2H6/c1-2-6-3-4-11(5-6)8(12)7(9)10;1-2/h6-7H,2-5H2,1H3;1-2H3. The minimum Gasteiger partial charge on any atom is -0.339 e. The molecule has 1 amide bonds. The van der Waals surface area contributed by atoms with Crippen LogP contribution in [0, 0.1) is 5.92 Å². The SMILES string of the molecule is CC.CCC1CCN(C(=O)C(F)Cl)C1. The molecular weight excluding hydrogens is 205 g/mol. The number of rotatable bonds is 2. The van der Waals surface area contributed by atoms with Crippen LogP contribution in [0.15, 0.2) is 0 Å². The lowest BCUT2D eigenvalue weighted by molar-refractivity contribution is -0.132. The van der Waals surface area contributed by atoms with E-state index >= 15 is 0 Å². The van der Waals surface area contributed by atoms with Gasteiger partial charge in [0.2, 0.25) is 0 Å². The number of amides is 1. The van der Waals surface area contributed by atoms with Crippen molar-refractivity contribution >= 4 is 17.5 Å². The second-order valence-corrected chi connectivity index (χ2v) is 3.53. The molecule has 84 valence electrons. The van der Waals surface area contributed by atoms with Crippen LogP contribution in [-0.2, 0) is 4.79 Å². The summed E-state index contributed by atoms with van der Waals surface area (Å²) in [6, 6.07) is 0. The second kappa shape index (κ2) is 7.04. The Kier molecular flexibility index (Phi) is 6.89. The molecule has 1 saturated heterocycles. The highest BCUT2D eigenvalue weighted by atomic mass is 35.5. The normalized spacial score (nSPS) is 22.6. The Labute approximate surface area is 90.4 Å². The van der Waals surface area contributed by atoms with E-state index in [-0.39, 0.29) is 0 Å². The first-order valence-electron chi connectivity index (χ1n) is 5.22. The lowest BCUT2D eigenvalue weighted by Crippen LogP contribution is -2.33. The van der Waals surface area contributed by atoms with Gasteiger partial charge >= 0.3 is 0 Å². The molecule has 0 aromatic rings. The first-order chi connectivity index (χ1) is 6.65. The van der Waals surface area contributed by atoms with Crippen LogP contribution in [0.5, 0.6) is 0 Å². The molecule has 1 aliphatic rings. The number of nitrogens with zero attached hydrogens (tertiary/aromatic N) is 1. The van der Waals surface area contributed by atoms with Gasteiger partial charge in [0.25, 0.3) is 11.5 Å². The topological polar surface area (TPSA) is 20.3 Å². The Balaban J connectivity index is 0.000000791. The molecule has 14 heavy (non-hydrogen) atoms. The number of halogens is 2. The summed E-state index contributed by atoms with van der Waals surface area (Å²) >= 11 is 5.04. The van der Waals surface area contributed by atoms with Gasteiger partial charge in [0.15, 0.2) is 0 Å². The maximum absolute atomic E-state index is 12.4. The summed E-state index contributed by atoms with van der Waals surface area (Å²) in [5.41, 5.74) is -1.86. The third-order valence-electron chi connectivity index (χ3n) is 2.36. The van der Waals surface area contributed by atoms with Gasteiger partial charge in [0, 0.05) is 13.1 Å². The van der Waals surface area contributed by atoms with Crippen LogP contribution >= 0.6 is 11.6 Å². The summed E-state index contributed by atoms with van der Waals surface area (Å²) in [4.78, 5) is 12.5. The van der Waals surface area contributed by atoms with Crippen molar-refractivity contribution in [2.75, 3.05) is 13.1 Å². The van der Waals surface area contributed by atoms with Gasteiger partial charge in [-0.15, -0.1) is 0 Å². The molecule has 0 aromatic carbocycles. The Bertz CT molecular complexity index is 176. The summed E-state index contributed by atoms with van der Waals surface area (Å²) in [7, 11) is 0. The van der Waals surface area contributed by atoms with Crippen LogP contribution in [0.4, 0.5) is 4.39 Å². The van der Waals surface area contributed by atoms with E-state index in [1.807, 2.05) is 13.8 Å². The first-order valence-corrected chi connectivity index (χ1v) is 5.65. The second-order valence-electron chi connectivity index (χ2n) is 3.15. The van der Waals surface area contributed by atoms with Gasteiger partial charge < -0.3 is 4.90 Å². The van der Waals surface area contributed by atoms with E-state index in [9.17, 15) is 9.18 Å². The molecule has 0 aromatic heterocycles. The molecule has 1 fully saturated rings. The first kappa shape index (κ1) is 13.7. The molecule has 1 heterocycles. The number of likely N-dealkylation sites (tertiary alicyclic amines) is 1. The maximum Gasteiger partial charge on any atom is 0.272 e. The Morgan fingerprint density at radius 2 is 2.21 bits per heavy atom.